The number of hydrazine groups is 1. The zero-order chi connectivity index (χ0) is 26.9. The highest BCUT2D eigenvalue weighted by Gasteiger charge is 2.37. The molecule has 3 N–H and O–H groups in total. The van der Waals surface area contributed by atoms with Crippen LogP contribution in [0.3, 0.4) is 0 Å². The fourth-order valence-corrected chi connectivity index (χ4v) is 4.96. The zero-order valence-electron chi connectivity index (χ0n) is 22.1. The number of carboxylic acids is 1. The van der Waals surface area contributed by atoms with Gasteiger partial charge >= 0.3 is 5.97 Å². The van der Waals surface area contributed by atoms with Crippen molar-refractivity contribution in [3.63, 3.8) is 0 Å². The van der Waals surface area contributed by atoms with E-state index < -0.39 is 35.7 Å². The van der Waals surface area contributed by atoms with Gasteiger partial charge in [-0.3, -0.25) is 19.2 Å². The van der Waals surface area contributed by atoms with Crippen molar-refractivity contribution in [3.05, 3.63) is 29.8 Å². The topological polar surface area (TPSA) is 128 Å². The molecule has 10 nitrogen and oxygen atoms in total. The van der Waals surface area contributed by atoms with Crippen LogP contribution < -0.4 is 15.5 Å². The highest BCUT2D eigenvalue weighted by Crippen LogP contribution is 2.25. The highest BCUT2D eigenvalue weighted by atomic mass is 16.5. The molecule has 0 saturated carbocycles. The summed E-state index contributed by atoms with van der Waals surface area (Å²) in [4.78, 5) is 53.3. The average Bonchev–Trinajstić information content (AvgIpc) is 2.93. The molecule has 10 heteroatoms. The van der Waals surface area contributed by atoms with Crippen LogP contribution in [0.1, 0.15) is 63.9 Å². The number of imide groups is 1. The van der Waals surface area contributed by atoms with Crippen LogP contribution in [-0.2, 0) is 19.2 Å². The van der Waals surface area contributed by atoms with Crippen LogP contribution >= 0.6 is 0 Å². The summed E-state index contributed by atoms with van der Waals surface area (Å²) in [5.41, 5.74) is 3.27. The highest BCUT2D eigenvalue weighted by molar-refractivity contribution is 5.99. The van der Waals surface area contributed by atoms with Crippen LogP contribution in [-0.4, -0.2) is 78.0 Å². The van der Waals surface area contributed by atoms with Crippen LogP contribution in [0.25, 0.3) is 0 Å². The lowest BCUT2D eigenvalue weighted by Gasteiger charge is -2.36. The molecule has 0 radical (unpaired) electrons. The van der Waals surface area contributed by atoms with Crippen molar-refractivity contribution in [2.24, 2.45) is 11.8 Å². The van der Waals surface area contributed by atoms with E-state index in [-0.39, 0.29) is 12.5 Å². The fourth-order valence-electron chi connectivity index (χ4n) is 4.96. The quantitative estimate of drug-likeness (QED) is 0.404. The third kappa shape index (κ3) is 7.75. The summed E-state index contributed by atoms with van der Waals surface area (Å²) in [6.45, 7) is 5.84. The van der Waals surface area contributed by atoms with Gasteiger partial charge in [0.25, 0.3) is 5.91 Å². The molecule has 2 heterocycles. The number of piperidine rings is 2. The molecule has 1 aromatic rings. The number of carboxylic acid groups (broad SMARTS) is 1. The number of amides is 3. The number of methoxy groups -OCH3 is 1. The first kappa shape index (κ1) is 28.6. The third-order valence-electron chi connectivity index (χ3n) is 7.47. The summed E-state index contributed by atoms with van der Waals surface area (Å²) in [5, 5.41) is 13.6. The molecule has 3 atom stereocenters. The molecule has 3 rings (SSSR count). The molecule has 0 aliphatic carbocycles. The third-order valence-corrected chi connectivity index (χ3v) is 7.47. The van der Waals surface area contributed by atoms with Gasteiger partial charge in [-0.05, 0) is 82.7 Å². The summed E-state index contributed by atoms with van der Waals surface area (Å²) >= 11 is 0. The number of hydrogen-bond donors (Lipinski definition) is 3. The van der Waals surface area contributed by atoms with Crippen LogP contribution in [0, 0.1) is 11.8 Å². The first-order valence-corrected chi connectivity index (χ1v) is 13.2. The van der Waals surface area contributed by atoms with Crippen molar-refractivity contribution in [3.8, 4) is 5.75 Å². The molecule has 2 saturated heterocycles. The summed E-state index contributed by atoms with van der Waals surface area (Å²) in [6, 6.07) is 5.80. The predicted octanol–water partition coefficient (Wildman–Crippen LogP) is 2.15. The van der Waals surface area contributed by atoms with Gasteiger partial charge in [0.15, 0.2) is 0 Å². The average molecular weight is 517 g/mol. The van der Waals surface area contributed by atoms with Crippen molar-refractivity contribution >= 4 is 23.7 Å². The first-order chi connectivity index (χ1) is 17.7. The van der Waals surface area contributed by atoms with Gasteiger partial charge in [-0.25, -0.2) is 10.4 Å². The van der Waals surface area contributed by atoms with E-state index in [1.165, 1.54) is 6.92 Å². The Bertz CT molecular complexity index is 947. The Morgan fingerprint density at radius 1 is 1.14 bits per heavy atom. The van der Waals surface area contributed by atoms with E-state index in [0.29, 0.717) is 43.0 Å². The minimum atomic E-state index is -1.18. The molecular formula is C27H40N4O6. The minimum Gasteiger partial charge on any atom is -0.497 e. The van der Waals surface area contributed by atoms with E-state index in [1.807, 2.05) is 0 Å². The molecule has 37 heavy (non-hydrogen) atoms. The number of rotatable bonds is 10. The number of benzene rings is 1. The standard InChI is InChI=1S/C27H40N4O6/c1-18(21-7-9-23(37-3)10-8-21)25(33)31(29-19(2)27(35)36)26(34)22-5-4-16-30(17-22)24(32)11-6-20-12-14-28-15-13-20/h7-10,18-20,22,28-29H,4-6,11-17H2,1-3H3,(H,35,36)/t18?,19-,22+/m0/s1. The molecule has 0 bridgehead atoms. The van der Waals surface area contributed by atoms with Gasteiger partial charge < -0.3 is 20.1 Å². The number of aliphatic carboxylic acids is 1. The number of nitrogens with one attached hydrogen (secondary N) is 2. The van der Waals surface area contributed by atoms with Gasteiger partial charge in [-0.15, -0.1) is 0 Å². The van der Waals surface area contributed by atoms with E-state index in [9.17, 15) is 24.3 Å². The van der Waals surface area contributed by atoms with Crippen molar-refractivity contribution in [2.45, 2.75) is 64.3 Å². The smallest absolute Gasteiger partial charge is 0.322 e. The number of carbonyl (C=O) groups excluding carboxylic acids is 3. The number of hydrogen-bond acceptors (Lipinski definition) is 7. The maximum atomic E-state index is 13.6. The Morgan fingerprint density at radius 2 is 1.81 bits per heavy atom. The molecule has 3 amide bonds. The second-order valence-electron chi connectivity index (χ2n) is 10.1. The summed E-state index contributed by atoms with van der Waals surface area (Å²) < 4.78 is 5.17. The van der Waals surface area contributed by atoms with Gasteiger partial charge in [-0.2, -0.15) is 0 Å². The number of carbonyl (C=O) groups is 4. The molecular weight excluding hydrogens is 476 g/mol. The minimum absolute atomic E-state index is 0.0346. The Kier molecular flexibility index (Phi) is 10.5. The van der Waals surface area contributed by atoms with Gasteiger partial charge in [0.05, 0.1) is 18.9 Å². The van der Waals surface area contributed by atoms with E-state index in [2.05, 4.69) is 10.7 Å². The maximum Gasteiger partial charge on any atom is 0.322 e. The van der Waals surface area contributed by atoms with Crippen LogP contribution in [0.15, 0.2) is 24.3 Å². The number of ether oxygens (including phenoxy) is 1. The zero-order valence-corrected chi connectivity index (χ0v) is 22.1. The van der Waals surface area contributed by atoms with E-state index in [0.717, 1.165) is 37.4 Å². The first-order valence-electron chi connectivity index (χ1n) is 13.2. The molecule has 0 spiro atoms. The summed E-state index contributed by atoms with van der Waals surface area (Å²) in [7, 11) is 1.55. The lowest BCUT2D eigenvalue weighted by Crippen LogP contribution is -2.57. The van der Waals surface area contributed by atoms with E-state index in [4.69, 9.17) is 4.74 Å². The Morgan fingerprint density at radius 3 is 2.43 bits per heavy atom. The fraction of sp³-hybridized carbons (Fsp3) is 0.630. The predicted molar refractivity (Wildman–Crippen MR) is 138 cm³/mol. The Labute approximate surface area is 218 Å². The van der Waals surface area contributed by atoms with Crippen molar-refractivity contribution in [2.75, 3.05) is 33.3 Å². The van der Waals surface area contributed by atoms with Crippen LogP contribution in [0.4, 0.5) is 0 Å². The van der Waals surface area contributed by atoms with Gasteiger partial charge in [0, 0.05) is 19.5 Å². The second kappa shape index (κ2) is 13.5. The van der Waals surface area contributed by atoms with Gasteiger partial charge in [-0.1, -0.05) is 12.1 Å². The van der Waals surface area contributed by atoms with E-state index in [1.54, 1.807) is 43.2 Å². The largest absolute Gasteiger partial charge is 0.497 e. The molecule has 2 aliphatic heterocycles. The molecule has 1 unspecified atom stereocenters. The Hall–Kier alpha value is -2.98. The van der Waals surface area contributed by atoms with Crippen LogP contribution in [0.2, 0.25) is 0 Å². The lowest BCUT2D eigenvalue weighted by atomic mass is 9.92. The second-order valence-corrected chi connectivity index (χ2v) is 10.1. The van der Waals surface area contributed by atoms with Crippen molar-refractivity contribution in [1.82, 2.24) is 20.7 Å². The molecule has 0 aromatic heterocycles. The van der Waals surface area contributed by atoms with E-state index >= 15 is 0 Å². The molecule has 2 aliphatic rings. The lowest BCUT2D eigenvalue weighted by molar-refractivity contribution is -0.156. The van der Waals surface area contributed by atoms with Crippen molar-refractivity contribution < 1.29 is 29.0 Å². The molecule has 1 aromatic carbocycles. The van der Waals surface area contributed by atoms with Crippen molar-refractivity contribution in [1.29, 1.82) is 0 Å². The Balaban J connectivity index is 1.69. The summed E-state index contributed by atoms with van der Waals surface area (Å²) in [5.74, 6) is -2.30. The van der Waals surface area contributed by atoms with Gasteiger partial charge in [0.2, 0.25) is 11.8 Å². The normalized spacial score (nSPS) is 20.1. The van der Waals surface area contributed by atoms with Gasteiger partial charge in [0.1, 0.15) is 11.8 Å². The number of nitrogens with zero attached hydrogens (tertiary/aromatic N) is 2. The van der Waals surface area contributed by atoms with Crippen LogP contribution in [0.5, 0.6) is 5.75 Å². The molecule has 2 fully saturated rings. The number of likely N-dealkylation sites (tertiary alicyclic amines) is 1. The summed E-state index contributed by atoms with van der Waals surface area (Å²) in [6.07, 6.45) is 4.63. The SMILES string of the molecule is COc1ccc(C(C)C(=O)N(N[C@@H](C)C(=O)O)C(=O)[C@@H]2CCCN(C(=O)CCC3CCNCC3)C2)cc1. The molecule has 204 valence electrons. The monoisotopic (exact) mass is 516 g/mol. The maximum absolute atomic E-state index is 13.6.